The van der Waals surface area contributed by atoms with E-state index >= 15 is 0 Å². The van der Waals surface area contributed by atoms with E-state index < -0.39 is 5.60 Å². The van der Waals surface area contributed by atoms with Crippen LogP contribution >= 0.6 is 0 Å². The van der Waals surface area contributed by atoms with E-state index in [0.717, 1.165) is 28.1 Å². The molecule has 0 atom stereocenters. The number of imidazole rings is 1. The van der Waals surface area contributed by atoms with Crippen LogP contribution in [0.3, 0.4) is 0 Å². The van der Waals surface area contributed by atoms with Crippen LogP contribution in [0, 0.1) is 6.92 Å². The fourth-order valence-electron chi connectivity index (χ4n) is 2.11. The molecular formula is C15H16N4O. The molecular weight excluding hydrogens is 252 g/mol. The first-order valence-corrected chi connectivity index (χ1v) is 6.46. The van der Waals surface area contributed by atoms with Crippen LogP contribution in [0.1, 0.15) is 25.5 Å². The zero-order valence-corrected chi connectivity index (χ0v) is 11.7. The molecule has 0 saturated carbocycles. The van der Waals surface area contributed by atoms with Crippen molar-refractivity contribution in [3.63, 3.8) is 0 Å². The summed E-state index contributed by atoms with van der Waals surface area (Å²) in [5.74, 6) is 1.30. The normalized spacial score (nSPS) is 12.0. The predicted octanol–water partition coefficient (Wildman–Crippen LogP) is 2.56. The number of aromatic amines is 1. The lowest BCUT2D eigenvalue weighted by molar-refractivity contribution is 0.0688. The van der Waals surface area contributed by atoms with Crippen LogP contribution in [0.2, 0.25) is 0 Å². The number of aryl methyl sites for hydroxylation is 1. The van der Waals surface area contributed by atoms with Gasteiger partial charge in [0.05, 0.1) is 16.7 Å². The van der Waals surface area contributed by atoms with Crippen molar-refractivity contribution in [2.45, 2.75) is 26.4 Å². The number of aromatic nitrogens is 4. The molecule has 0 amide bonds. The average molecular weight is 268 g/mol. The number of benzene rings is 1. The SMILES string of the molecule is Cc1nc2ccc(-c3ccnc(C(C)(C)O)n3)cc2[nH]1. The van der Waals surface area contributed by atoms with Crippen LogP contribution in [0.5, 0.6) is 0 Å². The van der Waals surface area contributed by atoms with Crippen LogP contribution < -0.4 is 0 Å². The Morgan fingerprint density at radius 2 is 1.95 bits per heavy atom. The van der Waals surface area contributed by atoms with Gasteiger partial charge in [0, 0.05) is 11.8 Å². The third-order valence-corrected chi connectivity index (χ3v) is 3.10. The second-order valence-corrected chi connectivity index (χ2v) is 5.38. The average Bonchev–Trinajstić information content (AvgIpc) is 2.77. The summed E-state index contributed by atoms with van der Waals surface area (Å²) in [6.07, 6.45) is 1.66. The second kappa shape index (κ2) is 4.38. The van der Waals surface area contributed by atoms with Gasteiger partial charge in [-0.15, -0.1) is 0 Å². The molecule has 0 unspecified atom stereocenters. The predicted molar refractivity (Wildman–Crippen MR) is 77.1 cm³/mol. The summed E-state index contributed by atoms with van der Waals surface area (Å²) in [6, 6.07) is 7.77. The van der Waals surface area contributed by atoms with Gasteiger partial charge in [0.2, 0.25) is 0 Å². The highest BCUT2D eigenvalue weighted by atomic mass is 16.3. The monoisotopic (exact) mass is 268 g/mol. The lowest BCUT2D eigenvalue weighted by atomic mass is 10.1. The number of hydrogen-bond acceptors (Lipinski definition) is 4. The van der Waals surface area contributed by atoms with Crippen molar-refractivity contribution in [3.05, 3.63) is 42.1 Å². The molecule has 1 aromatic carbocycles. The number of nitrogens with one attached hydrogen (secondary N) is 1. The number of aliphatic hydroxyl groups is 1. The largest absolute Gasteiger partial charge is 0.382 e. The minimum Gasteiger partial charge on any atom is -0.382 e. The maximum atomic E-state index is 9.99. The Morgan fingerprint density at radius 3 is 2.70 bits per heavy atom. The molecule has 0 aliphatic carbocycles. The molecule has 0 bridgehead atoms. The van der Waals surface area contributed by atoms with E-state index in [1.165, 1.54) is 0 Å². The van der Waals surface area contributed by atoms with Crippen molar-refractivity contribution < 1.29 is 5.11 Å². The first-order chi connectivity index (χ1) is 9.43. The third-order valence-electron chi connectivity index (χ3n) is 3.10. The maximum absolute atomic E-state index is 9.99. The van der Waals surface area contributed by atoms with Gasteiger partial charge in [0.1, 0.15) is 11.4 Å². The molecule has 0 fully saturated rings. The molecule has 0 aliphatic heterocycles. The van der Waals surface area contributed by atoms with Crippen LogP contribution in [-0.4, -0.2) is 25.0 Å². The van der Waals surface area contributed by atoms with Gasteiger partial charge in [0.25, 0.3) is 0 Å². The van der Waals surface area contributed by atoms with Crippen LogP contribution in [-0.2, 0) is 5.60 Å². The molecule has 5 heteroatoms. The summed E-state index contributed by atoms with van der Waals surface area (Å²) in [4.78, 5) is 16.1. The quantitative estimate of drug-likeness (QED) is 0.749. The van der Waals surface area contributed by atoms with Crippen molar-refractivity contribution in [1.82, 2.24) is 19.9 Å². The summed E-state index contributed by atoms with van der Waals surface area (Å²) < 4.78 is 0. The molecule has 2 heterocycles. The van der Waals surface area contributed by atoms with Crippen LogP contribution in [0.25, 0.3) is 22.3 Å². The fraction of sp³-hybridized carbons (Fsp3) is 0.267. The first kappa shape index (κ1) is 12.7. The number of rotatable bonds is 2. The lowest BCUT2D eigenvalue weighted by Crippen LogP contribution is -2.19. The lowest BCUT2D eigenvalue weighted by Gasteiger charge is -2.15. The van der Waals surface area contributed by atoms with E-state index in [9.17, 15) is 5.11 Å². The van der Waals surface area contributed by atoms with Gasteiger partial charge in [-0.2, -0.15) is 0 Å². The maximum Gasteiger partial charge on any atom is 0.159 e. The molecule has 102 valence electrons. The third kappa shape index (κ3) is 2.28. The van der Waals surface area contributed by atoms with Crippen LogP contribution in [0.4, 0.5) is 0 Å². The molecule has 20 heavy (non-hydrogen) atoms. The van der Waals surface area contributed by atoms with E-state index in [-0.39, 0.29) is 0 Å². The van der Waals surface area contributed by atoms with Crippen molar-refractivity contribution in [2.24, 2.45) is 0 Å². The highest BCUT2D eigenvalue weighted by Gasteiger charge is 2.20. The first-order valence-electron chi connectivity index (χ1n) is 6.46. The van der Waals surface area contributed by atoms with Gasteiger partial charge in [-0.1, -0.05) is 6.07 Å². The summed E-state index contributed by atoms with van der Waals surface area (Å²) in [6.45, 7) is 5.28. The highest BCUT2D eigenvalue weighted by molar-refractivity contribution is 5.81. The minimum atomic E-state index is -1.05. The Kier molecular flexibility index (Phi) is 2.79. The summed E-state index contributed by atoms with van der Waals surface area (Å²) in [5.41, 5.74) is 2.61. The van der Waals surface area contributed by atoms with E-state index in [2.05, 4.69) is 19.9 Å². The minimum absolute atomic E-state index is 0.413. The van der Waals surface area contributed by atoms with Crippen molar-refractivity contribution in [1.29, 1.82) is 0 Å². The summed E-state index contributed by atoms with van der Waals surface area (Å²) in [5, 5.41) is 9.99. The topological polar surface area (TPSA) is 74.7 Å². The molecule has 5 nitrogen and oxygen atoms in total. The zero-order valence-electron chi connectivity index (χ0n) is 11.7. The molecule has 2 N–H and O–H groups in total. The van der Waals surface area contributed by atoms with Crippen LogP contribution in [0.15, 0.2) is 30.5 Å². The highest BCUT2D eigenvalue weighted by Crippen LogP contribution is 2.23. The molecule has 3 aromatic rings. The Balaban J connectivity index is 2.10. The second-order valence-electron chi connectivity index (χ2n) is 5.38. The zero-order chi connectivity index (χ0) is 14.3. The van der Waals surface area contributed by atoms with Gasteiger partial charge in [-0.05, 0) is 39.0 Å². The Morgan fingerprint density at radius 1 is 1.15 bits per heavy atom. The summed E-state index contributed by atoms with van der Waals surface area (Å²) in [7, 11) is 0. The van der Waals surface area contributed by atoms with Gasteiger partial charge < -0.3 is 10.1 Å². The molecule has 0 aliphatic rings. The van der Waals surface area contributed by atoms with Crippen molar-refractivity contribution in [3.8, 4) is 11.3 Å². The molecule has 2 aromatic heterocycles. The Hall–Kier alpha value is -2.27. The summed E-state index contributed by atoms with van der Waals surface area (Å²) >= 11 is 0. The van der Waals surface area contributed by atoms with Gasteiger partial charge in [0.15, 0.2) is 5.82 Å². The molecule has 0 radical (unpaired) electrons. The number of fused-ring (bicyclic) bond motifs is 1. The standard InChI is InChI=1S/C15H16N4O/c1-9-17-12-5-4-10(8-13(12)18-9)11-6-7-16-14(19-11)15(2,3)20/h4-8,20H,1-3H3,(H,17,18). The van der Waals surface area contributed by atoms with Gasteiger partial charge in [-0.25, -0.2) is 15.0 Å². The Labute approximate surface area is 116 Å². The number of nitrogens with zero attached hydrogens (tertiary/aromatic N) is 3. The number of hydrogen-bond donors (Lipinski definition) is 2. The van der Waals surface area contributed by atoms with Crippen molar-refractivity contribution >= 4 is 11.0 Å². The van der Waals surface area contributed by atoms with E-state index in [4.69, 9.17) is 0 Å². The van der Waals surface area contributed by atoms with Gasteiger partial charge >= 0.3 is 0 Å². The number of H-pyrrole nitrogens is 1. The molecule has 0 saturated heterocycles. The molecule has 0 spiro atoms. The van der Waals surface area contributed by atoms with E-state index in [0.29, 0.717) is 5.82 Å². The van der Waals surface area contributed by atoms with E-state index in [1.807, 2.05) is 31.2 Å². The van der Waals surface area contributed by atoms with Gasteiger partial charge in [-0.3, -0.25) is 0 Å². The molecule has 3 rings (SSSR count). The fourth-order valence-corrected chi connectivity index (χ4v) is 2.11. The Bertz CT molecular complexity index is 771. The van der Waals surface area contributed by atoms with Crippen molar-refractivity contribution in [2.75, 3.05) is 0 Å². The smallest absolute Gasteiger partial charge is 0.159 e. The van der Waals surface area contributed by atoms with E-state index in [1.54, 1.807) is 20.0 Å².